The second kappa shape index (κ2) is 8.63. The van der Waals surface area contributed by atoms with Crippen molar-refractivity contribution in [3.05, 3.63) is 100 Å². The first-order valence-corrected chi connectivity index (χ1v) is 10.8. The first-order chi connectivity index (χ1) is 15.8. The lowest BCUT2D eigenvalue weighted by Crippen LogP contribution is -2.61. The van der Waals surface area contributed by atoms with Crippen LogP contribution in [0.15, 0.2) is 72.8 Å². The molecule has 7 heteroatoms. The number of fused-ring (bicyclic) bond motifs is 1. The van der Waals surface area contributed by atoms with E-state index in [1.807, 2.05) is 37.3 Å². The van der Waals surface area contributed by atoms with Crippen LogP contribution in [0.3, 0.4) is 0 Å². The fourth-order valence-electron chi connectivity index (χ4n) is 4.36. The topological polar surface area (TPSA) is 76.1 Å². The Morgan fingerprint density at radius 1 is 1.06 bits per heavy atom. The summed E-state index contributed by atoms with van der Waals surface area (Å²) >= 11 is 6.52. The third kappa shape index (κ3) is 3.42. The Morgan fingerprint density at radius 2 is 1.73 bits per heavy atom. The standard InChI is InChI=1S/C26H24ClNO5/c1-17-12-14-19(15-13-17)26(24(30)32-3,33-16-18-8-5-4-6-9-18)25(31)22-20(27)10-7-11-21(22)28(2)23(25)29/h4-15,31H,16H2,1-3H3/t25-,26-/m1/s1. The van der Waals surface area contributed by atoms with E-state index >= 15 is 0 Å². The summed E-state index contributed by atoms with van der Waals surface area (Å²) in [5.74, 6) is -1.66. The maximum Gasteiger partial charge on any atom is 0.346 e. The minimum atomic E-state index is -2.48. The number of aliphatic hydroxyl groups is 1. The van der Waals surface area contributed by atoms with Crippen LogP contribution in [0.1, 0.15) is 22.3 Å². The number of methoxy groups -OCH3 is 1. The lowest BCUT2D eigenvalue weighted by Gasteiger charge is -2.42. The van der Waals surface area contributed by atoms with Gasteiger partial charge in [-0.15, -0.1) is 0 Å². The van der Waals surface area contributed by atoms with Crippen LogP contribution < -0.4 is 4.90 Å². The highest BCUT2D eigenvalue weighted by atomic mass is 35.5. The monoisotopic (exact) mass is 465 g/mol. The maximum absolute atomic E-state index is 13.7. The molecule has 0 aromatic heterocycles. The highest BCUT2D eigenvalue weighted by Crippen LogP contribution is 2.54. The first kappa shape index (κ1) is 23.0. The Morgan fingerprint density at radius 3 is 2.36 bits per heavy atom. The number of nitrogens with zero attached hydrogens (tertiary/aromatic N) is 1. The number of halogens is 1. The van der Waals surface area contributed by atoms with Gasteiger partial charge in [0.05, 0.1) is 19.4 Å². The Labute approximate surface area is 197 Å². The quantitative estimate of drug-likeness (QED) is 0.555. The van der Waals surface area contributed by atoms with E-state index in [-0.39, 0.29) is 22.8 Å². The fraction of sp³-hybridized carbons (Fsp3) is 0.231. The molecule has 2 atom stereocenters. The average molecular weight is 466 g/mol. The average Bonchev–Trinajstić information content (AvgIpc) is 3.03. The van der Waals surface area contributed by atoms with E-state index in [1.54, 1.807) is 42.5 Å². The van der Waals surface area contributed by atoms with Crippen molar-refractivity contribution in [1.82, 2.24) is 0 Å². The highest BCUT2D eigenvalue weighted by molar-refractivity contribution is 6.33. The molecule has 1 heterocycles. The van der Waals surface area contributed by atoms with Crippen molar-refractivity contribution in [2.24, 2.45) is 0 Å². The molecular formula is C26H24ClNO5. The smallest absolute Gasteiger partial charge is 0.346 e. The van der Waals surface area contributed by atoms with Gasteiger partial charge in [-0.2, -0.15) is 0 Å². The van der Waals surface area contributed by atoms with Gasteiger partial charge >= 0.3 is 5.97 Å². The third-order valence-corrected chi connectivity index (χ3v) is 6.38. The fourth-order valence-corrected chi connectivity index (χ4v) is 4.66. The molecule has 1 aliphatic heterocycles. The Bertz CT molecular complexity index is 1200. The number of amides is 1. The van der Waals surface area contributed by atoms with E-state index in [4.69, 9.17) is 21.1 Å². The van der Waals surface area contributed by atoms with Crippen LogP contribution in [0, 0.1) is 6.92 Å². The van der Waals surface area contributed by atoms with Gasteiger partial charge in [-0.1, -0.05) is 77.8 Å². The minimum absolute atomic E-state index is 0.0666. The normalized spacial score (nSPS) is 19.2. The van der Waals surface area contributed by atoms with Crippen LogP contribution in [-0.2, 0) is 36.9 Å². The van der Waals surface area contributed by atoms with Crippen molar-refractivity contribution in [2.45, 2.75) is 24.7 Å². The number of hydrogen-bond acceptors (Lipinski definition) is 5. The molecule has 1 aliphatic rings. The van der Waals surface area contributed by atoms with Crippen LogP contribution in [0.2, 0.25) is 5.02 Å². The predicted octanol–water partition coefficient (Wildman–Crippen LogP) is 4.10. The summed E-state index contributed by atoms with van der Waals surface area (Å²) in [6, 6.07) is 20.9. The Hall–Kier alpha value is -3.19. The molecule has 170 valence electrons. The van der Waals surface area contributed by atoms with Gasteiger partial charge < -0.3 is 19.5 Å². The molecule has 1 amide bonds. The largest absolute Gasteiger partial charge is 0.467 e. The van der Waals surface area contributed by atoms with Crippen molar-refractivity contribution in [3.63, 3.8) is 0 Å². The van der Waals surface area contributed by atoms with Gasteiger partial charge in [-0.3, -0.25) is 4.79 Å². The summed E-state index contributed by atoms with van der Waals surface area (Å²) in [6.45, 7) is 1.83. The van der Waals surface area contributed by atoms with Gasteiger partial charge in [0, 0.05) is 17.6 Å². The molecule has 0 saturated carbocycles. The van der Waals surface area contributed by atoms with E-state index in [9.17, 15) is 14.7 Å². The van der Waals surface area contributed by atoms with Gasteiger partial charge in [0.15, 0.2) is 0 Å². The molecule has 4 rings (SSSR count). The molecule has 0 saturated heterocycles. The van der Waals surface area contributed by atoms with Crippen molar-refractivity contribution in [3.8, 4) is 0 Å². The van der Waals surface area contributed by atoms with Crippen LogP contribution in [0.4, 0.5) is 5.69 Å². The van der Waals surface area contributed by atoms with Crippen LogP contribution in [0.5, 0.6) is 0 Å². The first-order valence-electron chi connectivity index (χ1n) is 10.4. The van der Waals surface area contributed by atoms with E-state index in [0.29, 0.717) is 5.69 Å². The lowest BCUT2D eigenvalue weighted by atomic mass is 9.73. The summed E-state index contributed by atoms with van der Waals surface area (Å²) in [6.07, 6.45) is 0. The molecule has 0 spiro atoms. The zero-order valence-corrected chi connectivity index (χ0v) is 19.3. The zero-order valence-electron chi connectivity index (χ0n) is 18.5. The van der Waals surface area contributed by atoms with Crippen molar-refractivity contribution in [2.75, 3.05) is 19.1 Å². The van der Waals surface area contributed by atoms with Crippen molar-refractivity contribution >= 4 is 29.2 Å². The molecule has 0 radical (unpaired) electrons. The zero-order chi connectivity index (χ0) is 23.8. The number of rotatable bonds is 6. The molecule has 0 bridgehead atoms. The van der Waals surface area contributed by atoms with Gasteiger partial charge in [0.2, 0.25) is 11.2 Å². The number of carbonyl (C=O) groups is 2. The summed E-state index contributed by atoms with van der Waals surface area (Å²) in [5.41, 5.74) is -2.27. The molecule has 0 fully saturated rings. The van der Waals surface area contributed by atoms with Gasteiger partial charge in [0.25, 0.3) is 5.91 Å². The van der Waals surface area contributed by atoms with Crippen molar-refractivity contribution in [1.29, 1.82) is 0 Å². The van der Waals surface area contributed by atoms with Gasteiger partial charge in [-0.05, 0) is 30.2 Å². The van der Waals surface area contributed by atoms with Crippen LogP contribution in [-0.4, -0.2) is 31.1 Å². The number of esters is 1. The number of aryl methyl sites for hydroxylation is 1. The Balaban J connectivity index is 2.02. The second-order valence-electron chi connectivity index (χ2n) is 8.02. The molecule has 6 nitrogen and oxygen atoms in total. The van der Waals surface area contributed by atoms with E-state index in [0.717, 1.165) is 11.1 Å². The molecule has 0 unspecified atom stereocenters. The number of hydrogen-bond donors (Lipinski definition) is 1. The van der Waals surface area contributed by atoms with Crippen LogP contribution >= 0.6 is 11.6 Å². The molecule has 33 heavy (non-hydrogen) atoms. The molecule has 1 N–H and O–H groups in total. The third-order valence-electron chi connectivity index (χ3n) is 6.07. The highest BCUT2D eigenvalue weighted by Gasteiger charge is 2.69. The summed E-state index contributed by atoms with van der Waals surface area (Å²) in [7, 11) is 2.71. The van der Waals surface area contributed by atoms with E-state index < -0.39 is 23.1 Å². The Kier molecular flexibility index (Phi) is 6.01. The lowest BCUT2D eigenvalue weighted by molar-refractivity contribution is -0.220. The summed E-state index contributed by atoms with van der Waals surface area (Å²) in [5, 5.41) is 12.4. The van der Waals surface area contributed by atoms with E-state index in [2.05, 4.69) is 0 Å². The number of carbonyl (C=O) groups excluding carboxylic acids is 2. The molecule has 3 aromatic carbocycles. The SMILES string of the molecule is COC(=O)[C@](OCc1ccccc1)(c1ccc(C)cc1)[C@]1(O)C(=O)N(C)c2cccc(Cl)c21. The van der Waals surface area contributed by atoms with Gasteiger partial charge in [0.1, 0.15) is 0 Å². The minimum Gasteiger partial charge on any atom is -0.467 e. The second-order valence-corrected chi connectivity index (χ2v) is 8.43. The summed E-state index contributed by atoms with van der Waals surface area (Å²) < 4.78 is 11.4. The molecule has 3 aromatic rings. The molecular weight excluding hydrogens is 442 g/mol. The van der Waals surface area contributed by atoms with Crippen LogP contribution in [0.25, 0.3) is 0 Å². The van der Waals surface area contributed by atoms with Crippen molar-refractivity contribution < 1.29 is 24.2 Å². The number of anilines is 1. The predicted molar refractivity (Wildman–Crippen MR) is 125 cm³/mol. The van der Waals surface area contributed by atoms with Gasteiger partial charge in [-0.25, -0.2) is 4.79 Å². The molecule has 0 aliphatic carbocycles. The maximum atomic E-state index is 13.7. The number of ether oxygens (including phenoxy) is 2. The number of likely N-dealkylation sites (N-methyl/N-ethyl adjacent to an activating group) is 1. The van der Waals surface area contributed by atoms with E-state index in [1.165, 1.54) is 19.1 Å². The number of benzene rings is 3. The summed E-state index contributed by atoms with van der Waals surface area (Å²) in [4.78, 5) is 28.5.